The highest BCUT2D eigenvalue weighted by molar-refractivity contribution is 6.32. The molecule has 1 aliphatic heterocycles. The number of nitrogens with zero attached hydrogens (tertiary/aromatic N) is 4. The Balaban J connectivity index is 1.99. The molecule has 138 valence electrons. The van der Waals surface area contributed by atoms with E-state index in [1.165, 1.54) is 6.33 Å². The quantitative estimate of drug-likeness (QED) is 0.561. The number of aryl methyl sites for hydroxylation is 2. The summed E-state index contributed by atoms with van der Waals surface area (Å²) in [6.07, 6.45) is 5.56. The van der Waals surface area contributed by atoms with Crippen molar-refractivity contribution < 1.29 is 9.66 Å². The number of benzene rings is 1. The fourth-order valence-electron chi connectivity index (χ4n) is 3.18. The van der Waals surface area contributed by atoms with E-state index >= 15 is 0 Å². The normalized spacial score (nSPS) is 14.8. The molecule has 0 amide bonds. The van der Waals surface area contributed by atoms with Gasteiger partial charge in [-0.3, -0.25) is 10.1 Å². The van der Waals surface area contributed by atoms with Crippen molar-refractivity contribution in [1.29, 1.82) is 0 Å². The van der Waals surface area contributed by atoms with Gasteiger partial charge in [0.15, 0.2) is 0 Å². The largest absolute Gasteiger partial charge is 0.434 e. The van der Waals surface area contributed by atoms with Crippen molar-refractivity contribution in [3.8, 4) is 11.6 Å². The summed E-state index contributed by atoms with van der Waals surface area (Å²) in [5.74, 6) is 0.739. The van der Waals surface area contributed by atoms with Gasteiger partial charge in [0, 0.05) is 18.1 Å². The molecule has 1 saturated heterocycles. The van der Waals surface area contributed by atoms with Crippen LogP contribution in [0.4, 0.5) is 11.5 Å². The summed E-state index contributed by atoms with van der Waals surface area (Å²) in [7, 11) is 0. The standard InChI is InChI=1S/C18H21ClN4O3/c1-12-9-14(10-13(2)15(12)19)26-18-16(23(24)25)17(20-11-21-18)22-7-5-3-4-6-8-22/h9-11H,3-8H2,1-2H3. The van der Waals surface area contributed by atoms with E-state index in [1.807, 2.05) is 18.7 Å². The van der Waals surface area contributed by atoms with Crippen LogP contribution in [0.25, 0.3) is 0 Å². The molecule has 7 nitrogen and oxygen atoms in total. The molecule has 0 atom stereocenters. The number of aromatic nitrogens is 2. The Morgan fingerprint density at radius 1 is 1.12 bits per heavy atom. The van der Waals surface area contributed by atoms with E-state index in [1.54, 1.807) is 12.1 Å². The predicted molar refractivity (Wildman–Crippen MR) is 100 cm³/mol. The van der Waals surface area contributed by atoms with Crippen LogP contribution < -0.4 is 9.64 Å². The maximum atomic E-state index is 11.7. The van der Waals surface area contributed by atoms with Crippen LogP contribution >= 0.6 is 11.6 Å². The average molecular weight is 377 g/mol. The molecule has 26 heavy (non-hydrogen) atoms. The number of nitro groups is 1. The second-order valence-corrected chi connectivity index (χ2v) is 6.86. The Hall–Kier alpha value is -2.41. The van der Waals surface area contributed by atoms with Crippen molar-refractivity contribution in [2.75, 3.05) is 18.0 Å². The van der Waals surface area contributed by atoms with Crippen LogP contribution in [-0.4, -0.2) is 28.0 Å². The second kappa shape index (κ2) is 7.86. The van der Waals surface area contributed by atoms with Gasteiger partial charge < -0.3 is 9.64 Å². The predicted octanol–water partition coefficient (Wildman–Crippen LogP) is 4.83. The van der Waals surface area contributed by atoms with Crippen molar-refractivity contribution in [2.45, 2.75) is 39.5 Å². The van der Waals surface area contributed by atoms with Crippen molar-refractivity contribution in [3.05, 3.63) is 44.7 Å². The minimum atomic E-state index is -0.467. The molecule has 0 spiro atoms. The zero-order valence-corrected chi connectivity index (χ0v) is 15.6. The number of rotatable bonds is 4. The molecular weight excluding hydrogens is 356 g/mol. The van der Waals surface area contributed by atoms with Gasteiger partial charge in [-0.1, -0.05) is 24.4 Å². The Morgan fingerprint density at radius 3 is 2.31 bits per heavy atom. The van der Waals surface area contributed by atoms with Gasteiger partial charge >= 0.3 is 11.6 Å². The van der Waals surface area contributed by atoms with Crippen LogP contribution in [0.5, 0.6) is 11.6 Å². The molecule has 8 heteroatoms. The highest BCUT2D eigenvalue weighted by Crippen LogP contribution is 2.37. The number of halogens is 1. The Morgan fingerprint density at radius 2 is 1.73 bits per heavy atom. The fourth-order valence-corrected chi connectivity index (χ4v) is 3.29. The molecule has 1 aliphatic rings. The minimum absolute atomic E-state index is 0.0506. The minimum Gasteiger partial charge on any atom is -0.434 e. The lowest BCUT2D eigenvalue weighted by atomic mass is 10.1. The first-order valence-electron chi connectivity index (χ1n) is 8.66. The zero-order valence-electron chi connectivity index (χ0n) is 14.9. The summed E-state index contributed by atoms with van der Waals surface area (Å²) < 4.78 is 5.77. The third-order valence-electron chi connectivity index (χ3n) is 4.48. The third kappa shape index (κ3) is 3.88. The molecule has 0 radical (unpaired) electrons. The molecule has 1 aromatic heterocycles. The maximum absolute atomic E-state index is 11.7. The van der Waals surface area contributed by atoms with Gasteiger partial charge in [-0.05, 0) is 49.9 Å². The number of ether oxygens (including phenoxy) is 1. The first-order chi connectivity index (χ1) is 12.5. The summed E-state index contributed by atoms with van der Waals surface area (Å²) in [4.78, 5) is 21.4. The topological polar surface area (TPSA) is 81.4 Å². The molecule has 0 bridgehead atoms. The van der Waals surface area contributed by atoms with E-state index in [9.17, 15) is 10.1 Å². The Bertz CT molecular complexity index is 797. The van der Waals surface area contributed by atoms with E-state index < -0.39 is 4.92 Å². The summed E-state index contributed by atoms with van der Waals surface area (Å²) in [5.41, 5.74) is 1.48. The van der Waals surface area contributed by atoms with Crippen molar-refractivity contribution in [1.82, 2.24) is 9.97 Å². The highest BCUT2D eigenvalue weighted by Gasteiger charge is 2.29. The Labute approximate surface area is 157 Å². The number of hydrogen-bond donors (Lipinski definition) is 0. The number of anilines is 1. The van der Waals surface area contributed by atoms with Crippen molar-refractivity contribution >= 4 is 23.1 Å². The molecule has 1 fully saturated rings. The summed E-state index contributed by atoms with van der Waals surface area (Å²) >= 11 is 6.18. The SMILES string of the molecule is Cc1cc(Oc2ncnc(N3CCCCCC3)c2[N+](=O)[O-])cc(C)c1Cl. The van der Waals surface area contributed by atoms with E-state index in [0.717, 1.165) is 49.9 Å². The molecule has 3 rings (SSSR count). The van der Waals surface area contributed by atoms with Crippen LogP contribution in [-0.2, 0) is 0 Å². The molecule has 0 unspecified atom stereocenters. The van der Waals surface area contributed by atoms with Crippen LogP contribution in [0.15, 0.2) is 18.5 Å². The second-order valence-electron chi connectivity index (χ2n) is 6.48. The van der Waals surface area contributed by atoms with Crippen LogP contribution in [0.2, 0.25) is 5.02 Å². The van der Waals surface area contributed by atoms with Crippen molar-refractivity contribution in [3.63, 3.8) is 0 Å². The first kappa shape index (κ1) is 18.4. The molecule has 1 aromatic carbocycles. The molecule has 2 aromatic rings. The first-order valence-corrected chi connectivity index (χ1v) is 9.04. The lowest BCUT2D eigenvalue weighted by Gasteiger charge is -2.21. The monoisotopic (exact) mass is 376 g/mol. The van der Waals surface area contributed by atoms with Crippen molar-refractivity contribution in [2.24, 2.45) is 0 Å². The lowest BCUT2D eigenvalue weighted by Crippen LogP contribution is -2.26. The van der Waals surface area contributed by atoms with Gasteiger partial charge in [-0.25, -0.2) is 4.98 Å². The van der Waals surface area contributed by atoms with Crippen LogP contribution in [0.3, 0.4) is 0 Å². The van der Waals surface area contributed by atoms with Gasteiger partial charge in [-0.15, -0.1) is 0 Å². The summed E-state index contributed by atoms with van der Waals surface area (Å²) in [6, 6.07) is 3.49. The van der Waals surface area contributed by atoms with Gasteiger partial charge in [-0.2, -0.15) is 4.98 Å². The average Bonchev–Trinajstić information content (AvgIpc) is 2.88. The highest BCUT2D eigenvalue weighted by atomic mass is 35.5. The lowest BCUT2D eigenvalue weighted by molar-refractivity contribution is -0.385. The van der Waals surface area contributed by atoms with Gasteiger partial charge in [0.1, 0.15) is 12.1 Å². The maximum Gasteiger partial charge on any atom is 0.373 e. The fraction of sp³-hybridized carbons (Fsp3) is 0.444. The molecule has 0 N–H and O–H groups in total. The van der Waals surface area contributed by atoms with E-state index in [2.05, 4.69) is 9.97 Å². The van der Waals surface area contributed by atoms with Crippen LogP contribution in [0.1, 0.15) is 36.8 Å². The van der Waals surface area contributed by atoms with E-state index in [4.69, 9.17) is 16.3 Å². The number of hydrogen-bond acceptors (Lipinski definition) is 6. The molecule has 0 aliphatic carbocycles. The summed E-state index contributed by atoms with van der Waals surface area (Å²) in [6.45, 7) is 5.21. The summed E-state index contributed by atoms with van der Waals surface area (Å²) in [5, 5.41) is 12.4. The van der Waals surface area contributed by atoms with Gasteiger partial charge in [0.2, 0.25) is 5.82 Å². The Kier molecular flexibility index (Phi) is 5.56. The molecule has 2 heterocycles. The van der Waals surface area contributed by atoms with Gasteiger partial charge in [0.25, 0.3) is 0 Å². The smallest absolute Gasteiger partial charge is 0.373 e. The van der Waals surface area contributed by atoms with E-state index in [-0.39, 0.29) is 11.6 Å². The van der Waals surface area contributed by atoms with Gasteiger partial charge in [0.05, 0.1) is 4.92 Å². The molecular formula is C18H21ClN4O3. The zero-order chi connectivity index (χ0) is 18.7. The molecule has 0 saturated carbocycles. The third-order valence-corrected chi connectivity index (χ3v) is 5.08. The van der Waals surface area contributed by atoms with Crippen LogP contribution in [0, 0.1) is 24.0 Å². The van der Waals surface area contributed by atoms with E-state index in [0.29, 0.717) is 16.6 Å².